The van der Waals surface area contributed by atoms with Crippen LogP contribution in [-0.4, -0.2) is 58.5 Å². The van der Waals surface area contributed by atoms with E-state index in [-0.39, 0.29) is 24.9 Å². The van der Waals surface area contributed by atoms with Crippen LogP contribution in [0, 0.1) is 0 Å². The van der Waals surface area contributed by atoms with Gasteiger partial charge < -0.3 is 30.2 Å². The van der Waals surface area contributed by atoms with Crippen LogP contribution in [-0.2, 0) is 29.1 Å². The molecule has 2 aliphatic rings. The first-order valence-corrected chi connectivity index (χ1v) is 9.54. The van der Waals surface area contributed by atoms with E-state index in [2.05, 4.69) is 16.1 Å². The lowest BCUT2D eigenvalue weighted by atomic mass is 10.1. The molecule has 4 N–H and O–H groups in total. The Balaban J connectivity index is 1.67. The first-order valence-electron chi connectivity index (χ1n) is 9.54. The van der Waals surface area contributed by atoms with Crippen LogP contribution in [0.3, 0.4) is 0 Å². The number of imidazole rings is 1. The predicted molar refractivity (Wildman–Crippen MR) is 97.3 cm³/mol. The van der Waals surface area contributed by atoms with Crippen LogP contribution in [0.15, 0.2) is 18.2 Å². The van der Waals surface area contributed by atoms with E-state index in [0.717, 1.165) is 23.4 Å². The van der Waals surface area contributed by atoms with Crippen LogP contribution < -0.4 is 15.0 Å². The van der Waals surface area contributed by atoms with Gasteiger partial charge in [-0.05, 0) is 26.0 Å². The van der Waals surface area contributed by atoms with Crippen LogP contribution in [0.2, 0.25) is 0 Å². The number of aliphatic hydroxyl groups is 2. The predicted octanol–water partition coefficient (Wildman–Crippen LogP) is -0.306. The van der Waals surface area contributed by atoms with Crippen molar-refractivity contribution in [2.24, 2.45) is 5.73 Å². The van der Waals surface area contributed by atoms with Crippen molar-refractivity contribution in [3.8, 4) is 5.75 Å². The number of rotatable bonds is 6. The summed E-state index contributed by atoms with van der Waals surface area (Å²) in [6, 6.07) is 5.92. The van der Waals surface area contributed by atoms with Crippen LogP contribution in [0.5, 0.6) is 5.75 Å². The lowest BCUT2D eigenvalue weighted by Gasteiger charge is -2.17. The van der Waals surface area contributed by atoms with Crippen LogP contribution in [0.25, 0.3) is 11.0 Å². The molecule has 1 aromatic carbocycles. The molecule has 3 heterocycles. The molecule has 8 nitrogen and oxygen atoms in total. The second-order valence-electron chi connectivity index (χ2n) is 7.29. The number of hydrogen-bond donors (Lipinski definition) is 3. The number of aliphatic hydroxyl groups excluding tert-OH is 2. The second kappa shape index (κ2) is 7.37. The van der Waals surface area contributed by atoms with Gasteiger partial charge in [0.1, 0.15) is 30.6 Å². The van der Waals surface area contributed by atoms with Crippen molar-refractivity contribution in [1.29, 1.82) is 0 Å². The van der Waals surface area contributed by atoms with E-state index >= 15 is 0 Å². The molecule has 0 radical (unpaired) electrons. The minimum Gasteiger partial charge on any atom is -0.485 e. The quantitative estimate of drug-likeness (QED) is 0.596. The molecule has 2 aliphatic heterocycles. The van der Waals surface area contributed by atoms with Crippen molar-refractivity contribution in [3.63, 3.8) is 0 Å². The Morgan fingerprint density at radius 2 is 2.11 bits per heavy atom. The number of aryl methyl sites for hydroxylation is 1. The molecule has 148 valence electrons. The standard InChI is InChI=1S/C19H28N3O5/c1-3-21-13-5-4-12(6-14(13)22(8-11(2)23)17(21)7-20)27-16-10-26-18-15(24)9-25-19(16)18/h4-6,11,15-16,18-19,23-24H,3,7-10,20H2,1-2H3/q+1. The summed E-state index contributed by atoms with van der Waals surface area (Å²) >= 11 is 0. The number of nitrogens with two attached hydrogens (primary N) is 1. The Hall–Kier alpha value is -1.71. The smallest absolute Gasteiger partial charge is 0.271 e. The number of benzene rings is 1. The number of ether oxygens (including phenoxy) is 3. The zero-order chi connectivity index (χ0) is 19.1. The van der Waals surface area contributed by atoms with E-state index < -0.39 is 12.2 Å². The molecule has 4 rings (SSSR count). The summed E-state index contributed by atoms with van der Waals surface area (Å²) in [5.74, 6) is 1.68. The minimum atomic E-state index is -0.593. The van der Waals surface area contributed by atoms with Gasteiger partial charge in [0.2, 0.25) is 0 Å². The van der Waals surface area contributed by atoms with Crippen molar-refractivity contribution in [2.75, 3.05) is 13.2 Å². The lowest BCUT2D eigenvalue weighted by Crippen LogP contribution is -2.38. The molecule has 5 atom stereocenters. The van der Waals surface area contributed by atoms with Crippen molar-refractivity contribution in [3.05, 3.63) is 24.0 Å². The van der Waals surface area contributed by atoms with Gasteiger partial charge in [0.05, 0.1) is 32.4 Å². The van der Waals surface area contributed by atoms with Crippen LogP contribution >= 0.6 is 0 Å². The number of aromatic nitrogens is 2. The van der Waals surface area contributed by atoms with Crippen LogP contribution in [0.1, 0.15) is 19.7 Å². The van der Waals surface area contributed by atoms with E-state index in [1.165, 1.54) is 0 Å². The van der Waals surface area contributed by atoms with Gasteiger partial charge in [-0.3, -0.25) is 0 Å². The monoisotopic (exact) mass is 378 g/mol. The zero-order valence-corrected chi connectivity index (χ0v) is 15.7. The zero-order valence-electron chi connectivity index (χ0n) is 15.7. The minimum absolute atomic E-state index is 0.250. The van der Waals surface area contributed by atoms with E-state index in [1.807, 2.05) is 18.2 Å². The van der Waals surface area contributed by atoms with E-state index in [0.29, 0.717) is 25.4 Å². The molecule has 0 aliphatic carbocycles. The summed E-state index contributed by atoms with van der Waals surface area (Å²) in [4.78, 5) is 0. The average molecular weight is 378 g/mol. The van der Waals surface area contributed by atoms with Gasteiger partial charge in [0, 0.05) is 6.07 Å². The normalized spacial score (nSPS) is 28.6. The van der Waals surface area contributed by atoms with E-state index in [4.69, 9.17) is 19.9 Å². The summed E-state index contributed by atoms with van der Waals surface area (Å²) in [7, 11) is 0. The van der Waals surface area contributed by atoms with E-state index in [1.54, 1.807) is 6.92 Å². The molecule has 0 saturated carbocycles. The molecule has 2 fully saturated rings. The highest BCUT2D eigenvalue weighted by Gasteiger charge is 2.48. The van der Waals surface area contributed by atoms with Crippen molar-refractivity contribution in [1.82, 2.24) is 4.57 Å². The fourth-order valence-electron chi connectivity index (χ4n) is 4.21. The molecule has 2 aromatic rings. The molecule has 1 aromatic heterocycles. The SMILES string of the molecule is CC[n+]1c(CN)n(CC(C)O)c2cc(OC3COC4C(O)COC34)ccc21. The molecule has 8 heteroatoms. The maximum Gasteiger partial charge on any atom is 0.271 e. The highest BCUT2D eigenvalue weighted by atomic mass is 16.6. The summed E-state index contributed by atoms with van der Waals surface area (Å²) in [6.07, 6.45) is -1.90. The van der Waals surface area contributed by atoms with Gasteiger partial charge in [0.15, 0.2) is 17.1 Å². The molecular weight excluding hydrogens is 350 g/mol. The van der Waals surface area contributed by atoms with Gasteiger partial charge in [-0.1, -0.05) is 0 Å². The highest BCUT2D eigenvalue weighted by Crippen LogP contribution is 2.31. The first kappa shape index (κ1) is 18.6. The topological polar surface area (TPSA) is 103 Å². The molecule has 5 unspecified atom stereocenters. The Kier molecular flexibility index (Phi) is 5.09. The summed E-state index contributed by atoms with van der Waals surface area (Å²) in [6.45, 7) is 6.16. The second-order valence-corrected chi connectivity index (χ2v) is 7.29. The average Bonchev–Trinajstić information content (AvgIpc) is 3.29. The third kappa shape index (κ3) is 3.21. The van der Waals surface area contributed by atoms with Crippen molar-refractivity contribution < 1.29 is 29.0 Å². The van der Waals surface area contributed by atoms with Gasteiger partial charge in [-0.15, -0.1) is 0 Å². The molecule has 0 spiro atoms. The fraction of sp³-hybridized carbons (Fsp3) is 0.632. The first-order chi connectivity index (χ1) is 13.0. The van der Waals surface area contributed by atoms with Gasteiger partial charge >= 0.3 is 0 Å². The largest absolute Gasteiger partial charge is 0.485 e. The third-order valence-electron chi connectivity index (χ3n) is 5.37. The van der Waals surface area contributed by atoms with Crippen molar-refractivity contribution >= 4 is 11.0 Å². The lowest BCUT2D eigenvalue weighted by molar-refractivity contribution is -0.676. The maximum atomic E-state index is 9.93. The Morgan fingerprint density at radius 1 is 1.33 bits per heavy atom. The highest BCUT2D eigenvalue weighted by molar-refractivity contribution is 5.74. The fourth-order valence-corrected chi connectivity index (χ4v) is 4.21. The van der Waals surface area contributed by atoms with Crippen molar-refractivity contribution in [2.45, 2.75) is 64.0 Å². The Morgan fingerprint density at radius 3 is 2.81 bits per heavy atom. The third-order valence-corrected chi connectivity index (χ3v) is 5.37. The number of hydrogen-bond acceptors (Lipinski definition) is 6. The summed E-state index contributed by atoms with van der Waals surface area (Å²) in [5.41, 5.74) is 8.02. The van der Waals surface area contributed by atoms with Gasteiger partial charge in [-0.25, -0.2) is 9.13 Å². The number of nitrogens with zero attached hydrogens (tertiary/aromatic N) is 2. The van der Waals surface area contributed by atoms with Crippen LogP contribution in [0.4, 0.5) is 0 Å². The molecular formula is C19H28N3O5+. The van der Waals surface area contributed by atoms with Gasteiger partial charge in [-0.2, -0.15) is 0 Å². The Bertz CT molecular complexity index is 821. The molecule has 27 heavy (non-hydrogen) atoms. The molecule has 2 saturated heterocycles. The molecule has 0 bridgehead atoms. The van der Waals surface area contributed by atoms with E-state index in [9.17, 15) is 10.2 Å². The maximum absolute atomic E-state index is 9.93. The Labute approximate surface area is 158 Å². The summed E-state index contributed by atoms with van der Waals surface area (Å²) < 4.78 is 21.6. The molecule has 0 amide bonds. The summed E-state index contributed by atoms with van der Waals surface area (Å²) in [5, 5.41) is 19.8. The number of fused-ring (bicyclic) bond motifs is 2. The van der Waals surface area contributed by atoms with Gasteiger partial charge in [0.25, 0.3) is 5.82 Å².